The Balaban J connectivity index is 1.22. The van der Waals surface area contributed by atoms with Gasteiger partial charge in [0.15, 0.2) is 0 Å². The number of carbonyl (C=O) groups is 3. The molecule has 0 unspecified atom stereocenters. The van der Waals surface area contributed by atoms with Crippen molar-refractivity contribution in [3.05, 3.63) is 83.0 Å². The Hall–Kier alpha value is -6.42. The van der Waals surface area contributed by atoms with Gasteiger partial charge in [0.05, 0.1) is 52.2 Å². The minimum absolute atomic E-state index is 0.133. The van der Waals surface area contributed by atoms with Crippen molar-refractivity contribution in [3.8, 4) is 5.75 Å². The normalized spacial score (nSPS) is 13.4. The van der Waals surface area contributed by atoms with Gasteiger partial charge in [0.2, 0.25) is 27.8 Å². The van der Waals surface area contributed by atoms with Crippen LogP contribution in [0.15, 0.2) is 59.5 Å². The Morgan fingerprint density at radius 3 is 2.20 bits per heavy atom. The second-order valence-electron chi connectivity index (χ2n) is 14.0. The number of fused-ring (bicyclic) bond motifs is 2. The van der Waals surface area contributed by atoms with Gasteiger partial charge < -0.3 is 29.7 Å². The number of amides is 3. The third-order valence-corrected chi connectivity index (χ3v) is 10.6. The van der Waals surface area contributed by atoms with E-state index in [2.05, 4.69) is 31.1 Å². The molecule has 21 heteroatoms. The number of anilines is 2. The monoisotopic (exact) mass is 827 g/mol. The van der Waals surface area contributed by atoms with Crippen molar-refractivity contribution in [1.82, 2.24) is 44.0 Å². The summed E-state index contributed by atoms with van der Waals surface area (Å²) < 4.78 is 42.9. The molecule has 3 amide bonds. The number of nitrogens with zero attached hydrogens (tertiary/aromatic N) is 8. The number of hydrogen-bond donors (Lipinski definition) is 5. The molecule has 0 radical (unpaired) electrons. The van der Waals surface area contributed by atoms with E-state index >= 15 is 0 Å². The lowest BCUT2D eigenvalue weighted by atomic mass is 10.1. The zero-order valence-corrected chi connectivity index (χ0v) is 33.7. The molecule has 1 saturated heterocycles. The highest BCUT2D eigenvalue weighted by molar-refractivity contribution is 7.89. The first-order valence-corrected chi connectivity index (χ1v) is 20.4. The van der Waals surface area contributed by atoms with Crippen LogP contribution < -0.4 is 31.6 Å². The third-order valence-electron chi connectivity index (χ3n) is 9.65. The molecule has 1 fully saturated rings. The van der Waals surface area contributed by atoms with Crippen molar-refractivity contribution in [2.75, 3.05) is 36.9 Å². The summed E-state index contributed by atoms with van der Waals surface area (Å²) in [4.78, 5) is 48.7. The molecule has 310 valence electrons. The fraction of sp³-hybridized carbons (Fsp3) is 0.342. The fourth-order valence-corrected chi connectivity index (χ4v) is 7.21. The van der Waals surface area contributed by atoms with Gasteiger partial charge in [-0.1, -0.05) is 12.2 Å². The Bertz CT molecular complexity index is 2720. The molecule has 5 heterocycles. The number of benzene rings is 2. The summed E-state index contributed by atoms with van der Waals surface area (Å²) in [6, 6.07) is 10.7. The number of aromatic nitrogens is 8. The second-order valence-corrected chi connectivity index (χ2v) is 15.6. The van der Waals surface area contributed by atoms with Crippen LogP contribution in [-0.4, -0.2) is 97.2 Å². The summed E-state index contributed by atoms with van der Waals surface area (Å²) in [6.07, 6.45) is 4.39. The van der Waals surface area contributed by atoms with Gasteiger partial charge in [-0.3, -0.25) is 34.4 Å². The number of allylic oxidation sites excluding steroid dienone is 2. The fourth-order valence-electron chi connectivity index (χ4n) is 6.68. The van der Waals surface area contributed by atoms with Crippen LogP contribution in [0.2, 0.25) is 0 Å². The Kier molecular flexibility index (Phi) is 11.6. The van der Waals surface area contributed by atoms with Crippen molar-refractivity contribution in [2.45, 2.75) is 57.8 Å². The van der Waals surface area contributed by atoms with E-state index < -0.39 is 27.7 Å². The molecule has 2 aromatic carbocycles. The van der Waals surface area contributed by atoms with Crippen LogP contribution in [-0.2, 0) is 41.4 Å². The molecule has 1 aliphatic heterocycles. The van der Waals surface area contributed by atoms with Gasteiger partial charge in [-0.25, -0.2) is 23.5 Å². The van der Waals surface area contributed by atoms with Gasteiger partial charge >= 0.3 is 0 Å². The summed E-state index contributed by atoms with van der Waals surface area (Å²) in [6.45, 7) is 8.57. The van der Waals surface area contributed by atoms with E-state index in [4.69, 9.17) is 25.3 Å². The second kappa shape index (κ2) is 16.8. The number of imidazole rings is 2. The lowest BCUT2D eigenvalue weighted by Gasteiger charge is -2.27. The molecule has 7 N–H and O–H groups in total. The number of primary sulfonamides is 1. The Morgan fingerprint density at radius 2 is 1.56 bits per heavy atom. The van der Waals surface area contributed by atoms with Crippen LogP contribution in [0.5, 0.6) is 5.75 Å². The predicted molar refractivity (Wildman–Crippen MR) is 218 cm³/mol. The number of aryl methyl sites for hydroxylation is 4. The zero-order valence-electron chi connectivity index (χ0n) is 32.9. The maximum Gasteiger partial charge on any atom is 0.276 e. The summed E-state index contributed by atoms with van der Waals surface area (Å²) in [5, 5.41) is 23.0. The Morgan fingerprint density at radius 1 is 0.898 bits per heavy atom. The molecule has 20 nitrogen and oxygen atoms in total. The first kappa shape index (κ1) is 40.8. The molecule has 0 atom stereocenters. The number of primary amides is 1. The number of rotatable bonds is 17. The highest BCUT2D eigenvalue weighted by atomic mass is 32.2. The van der Waals surface area contributed by atoms with E-state index in [0.717, 1.165) is 13.1 Å². The number of nitrogens with two attached hydrogens (primary N) is 2. The van der Waals surface area contributed by atoms with Crippen LogP contribution in [0.4, 0.5) is 11.9 Å². The smallest absolute Gasteiger partial charge is 0.276 e. The number of hydrogen-bond acceptors (Lipinski definition) is 12. The Labute approximate surface area is 338 Å². The van der Waals surface area contributed by atoms with Crippen LogP contribution in [0.25, 0.3) is 22.1 Å². The topological polar surface area (TPSA) is 263 Å². The minimum Gasteiger partial charge on any atom is -0.491 e. The van der Waals surface area contributed by atoms with Gasteiger partial charge in [0.1, 0.15) is 22.7 Å². The van der Waals surface area contributed by atoms with Gasteiger partial charge in [-0.15, -0.1) is 0 Å². The van der Waals surface area contributed by atoms with Crippen molar-refractivity contribution in [2.24, 2.45) is 17.9 Å². The molecule has 7 rings (SSSR count). The van der Waals surface area contributed by atoms with E-state index in [1.807, 2.05) is 19.1 Å². The van der Waals surface area contributed by atoms with Crippen molar-refractivity contribution in [3.63, 3.8) is 0 Å². The number of sulfonamides is 1. The maximum absolute atomic E-state index is 13.6. The summed E-state index contributed by atoms with van der Waals surface area (Å²) >= 11 is 0. The molecule has 4 aromatic heterocycles. The lowest BCUT2D eigenvalue weighted by molar-refractivity contribution is 0.0136. The molecule has 6 aromatic rings. The van der Waals surface area contributed by atoms with Gasteiger partial charge in [-0.05, 0) is 63.2 Å². The summed E-state index contributed by atoms with van der Waals surface area (Å²) in [7, 11) is -2.38. The molecule has 0 saturated carbocycles. The van der Waals surface area contributed by atoms with E-state index in [-0.39, 0.29) is 48.2 Å². The first-order valence-electron chi connectivity index (χ1n) is 18.8. The van der Waals surface area contributed by atoms with Crippen LogP contribution in [0, 0.1) is 13.8 Å². The molecular formula is C38H45N13O7S. The van der Waals surface area contributed by atoms with Crippen LogP contribution in [0.3, 0.4) is 0 Å². The molecule has 0 aliphatic carbocycles. The molecule has 1 aliphatic rings. The number of carbonyl (C=O) groups excluding carboxylic acids is 3. The highest BCUT2D eigenvalue weighted by Gasteiger charge is 2.23. The quantitative estimate of drug-likeness (QED) is 0.0655. The number of ether oxygens (including phenoxy) is 2. The molecule has 0 bridgehead atoms. The highest BCUT2D eigenvalue weighted by Crippen LogP contribution is 2.32. The summed E-state index contributed by atoms with van der Waals surface area (Å²) in [5.74, 6) is -0.940. The van der Waals surface area contributed by atoms with E-state index in [1.54, 1.807) is 59.0 Å². The standard InChI is InChI=1S/C38H45N13O7S/c1-5-51-31(16-23(3)47-51)36(54)45-37-42-27-19-26(59(40,55)56)9-10-29(27)49(37)11-6-7-12-50-33-28(43-38(50)44-35(53)30-15-22(2)46-48(30)4)17-24(34(39)52)18-32(33)58-14-8-13-57-25-20-41-21-25/h6-7,9-10,15-19,25,41H,5,8,11-14,20-21H2,1-4H3,(H2,39,52)(H2,40,55,56)(H,42,45,54)(H,43,44,53)/b7-6+. The van der Waals surface area contributed by atoms with Crippen LogP contribution >= 0.6 is 0 Å². The van der Waals surface area contributed by atoms with E-state index in [0.29, 0.717) is 70.2 Å². The van der Waals surface area contributed by atoms with Gasteiger partial charge in [0, 0.05) is 51.8 Å². The van der Waals surface area contributed by atoms with Crippen LogP contribution in [0.1, 0.15) is 56.1 Å². The predicted octanol–water partition coefficient (Wildman–Crippen LogP) is 2.22. The SMILES string of the molecule is CCn1nc(C)cc1C(=O)Nc1nc2cc(S(N)(=O)=O)ccc2n1C/C=C/Cn1c(NC(=O)c2cc(C)nn2C)nc2cc(C(N)=O)cc(OCCCOC3CNC3)c21. The van der Waals surface area contributed by atoms with E-state index in [1.165, 1.54) is 22.9 Å². The average Bonchev–Trinajstić information content (AvgIpc) is 3.91. The molecule has 0 spiro atoms. The zero-order chi connectivity index (χ0) is 42.0. The minimum atomic E-state index is -4.04. The molecule has 59 heavy (non-hydrogen) atoms. The average molecular weight is 828 g/mol. The largest absolute Gasteiger partial charge is 0.491 e. The van der Waals surface area contributed by atoms with Gasteiger partial charge in [0.25, 0.3) is 11.8 Å². The van der Waals surface area contributed by atoms with E-state index in [9.17, 15) is 22.8 Å². The molecular weight excluding hydrogens is 783 g/mol. The van der Waals surface area contributed by atoms with Gasteiger partial charge in [-0.2, -0.15) is 10.2 Å². The van der Waals surface area contributed by atoms with Crippen molar-refractivity contribution in [1.29, 1.82) is 0 Å². The maximum atomic E-state index is 13.6. The lowest BCUT2D eigenvalue weighted by Crippen LogP contribution is -2.48. The summed E-state index contributed by atoms with van der Waals surface area (Å²) in [5.41, 5.74) is 9.51. The van der Waals surface area contributed by atoms with Crippen molar-refractivity contribution < 1.29 is 32.3 Å². The number of nitrogens with one attached hydrogen (secondary N) is 3. The first-order chi connectivity index (χ1) is 28.2. The van der Waals surface area contributed by atoms with Crippen molar-refractivity contribution >= 4 is 61.7 Å². The third kappa shape index (κ3) is 8.87.